The summed E-state index contributed by atoms with van der Waals surface area (Å²) in [5, 5.41) is 13.4. The van der Waals surface area contributed by atoms with Gasteiger partial charge in [0.1, 0.15) is 0 Å². The molecule has 0 unspecified atom stereocenters. The lowest BCUT2D eigenvalue weighted by Gasteiger charge is -2.05. The van der Waals surface area contributed by atoms with Crippen LogP contribution in [-0.2, 0) is 11.3 Å². The number of hydrogen-bond acceptors (Lipinski definition) is 3. The minimum Gasteiger partial charge on any atom is -0.481 e. The highest BCUT2D eigenvalue weighted by Crippen LogP contribution is 1.93. The normalized spacial score (nSPS) is 9.50. The van der Waals surface area contributed by atoms with E-state index in [2.05, 4.69) is 15.6 Å². The maximum absolute atomic E-state index is 11.2. The summed E-state index contributed by atoms with van der Waals surface area (Å²) in [4.78, 5) is 25.2. The average molecular weight is 223 g/mol. The Balaban J connectivity index is 2.18. The van der Waals surface area contributed by atoms with Crippen LogP contribution in [0.15, 0.2) is 24.5 Å². The zero-order valence-corrected chi connectivity index (χ0v) is 8.64. The number of aliphatic carboxylic acids is 1. The van der Waals surface area contributed by atoms with Crippen LogP contribution in [0.3, 0.4) is 0 Å². The van der Waals surface area contributed by atoms with Gasteiger partial charge < -0.3 is 15.7 Å². The Hall–Kier alpha value is -2.11. The smallest absolute Gasteiger partial charge is 0.315 e. The molecule has 16 heavy (non-hydrogen) atoms. The molecule has 0 spiro atoms. The van der Waals surface area contributed by atoms with Crippen molar-refractivity contribution in [3.05, 3.63) is 30.1 Å². The molecule has 6 heteroatoms. The number of amides is 2. The lowest BCUT2D eigenvalue weighted by atomic mass is 10.3. The van der Waals surface area contributed by atoms with Gasteiger partial charge in [0.2, 0.25) is 0 Å². The highest BCUT2D eigenvalue weighted by Gasteiger charge is 2.01. The number of carbonyl (C=O) groups excluding carboxylic acids is 1. The molecular formula is C10H13N3O3. The van der Waals surface area contributed by atoms with Crippen molar-refractivity contribution in [3.8, 4) is 0 Å². The van der Waals surface area contributed by atoms with Crippen LogP contribution >= 0.6 is 0 Å². The van der Waals surface area contributed by atoms with E-state index in [1.54, 1.807) is 18.5 Å². The van der Waals surface area contributed by atoms with Crippen LogP contribution in [0.4, 0.5) is 4.79 Å². The Labute approximate surface area is 92.7 Å². The van der Waals surface area contributed by atoms with Crippen LogP contribution in [0.25, 0.3) is 0 Å². The number of urea groups is 1. The summed E-state index contributed by atoms with van der Waals surface area (Å²) in [5.74, 6) is -0.937. The SMILES string of the molecule is O=C(O)CCNC(=O)NCc1cccnc1. The van der Waals surface area contributed by atoms with Crippen molar-refractivity contribution in [2.24, 2.45) is 0 Å². The number of carbonyl (C=O) groups is 2. The highest BCUT2D eigenvalue weighted by molar-refractivity contribution is 5.74. The number of nitrogens with one attached hydrogen (secondary N) is 2. The third-order valence-electron chi connectivity index (χ3n) is 1.80. The Kier molecular flexibility index (Phi) is 4.78. The first kappa shape index (κ1) is 12.0. The summed E-state index contributed by atoms with van der Waals surface area (Å²) < 4.78 is 0. The molecule has 0 aromatic carbocycles. The molecule has 3 N–H and O–H groups in total. The molecule has 6 nitrogen and oxygen atoms in total. The topological polar surface area (TPSA) is 91.3 Å². The average Bonchev–Trinajstić information content (AvgIpc) is 2.27. The lowest BCUT2D eigenvalue weighted by molar-refractivity contribution is -0.136. The van der Waals surface area contributed by atoms with Crippen molar-refractivity contribution in [2.75, 3.05) is 6.54 Å². The summed E-state index contributed by atoms with van der Waals surface area (Å²) in [6, 6.07) is 3.23. The van der Waals surface area contributed by atoms with Gasteiger partial charge in [-0.25, -0.2) is 4.79 Å². The minimum absolute atomic E-state index is 0.0830. The quantitative estimate of drug-likeness (QED) is 0.672. The second kappa shape index (κ2) is 6.39. The number of hydrogen-bond donors (Lipinski definition) is 3. The number of carboxylic acids is 1. The van der Waals surface area contributed by atoms with Gasteiger partial charge in [-0.05, 0) is 11.6 Å². The zero-order valence-electron chi connectivity index (χ0n) is 8.64. The van der Waals surface area contributed by atoms with Gasteiger partial charge >= 0.3 is 12.0 Å². The van der Waals surface area contributed by atoms with Crippen molar-refractivity contribution in [1.82, 2.24) is 15.6 Å². The molecule has 0 aliphatic rings. The number of pyridine rings is 1. The van der Waals surface area contributed by atoms with Crippen molar-refractivity contribution in [3.63, 3.8) is 0 Å². The highest BCUT2D eigenvalue weighted by atomic mass is 16.4. The van der Waals surface area contributed by atoms with Gasteiger partial charge in [0, 0.05) is 25.5 Å². The first-order chi connectivity index (χ1) is 7.68. The van der Waals surface area contributed by atoms with Gasteiger partial charge in [-0.15, -0.1) is 0 Å². The third kappa shape index (κ3) is 4.94. The first-order valence-corrected chi connectivity index (χ1v) is 4.81. The monoisotopic (exact) mass is 223 g/mol. The molecule has 0 aliphatic heterocycles. The van der Waals surface area contributed by atoms with Gasteiger partial charge in [0.25, 0.3) is 0 Å². The summed E-state index contributed by atoms with van der Waals surface area (Å²) in [5.41, 5.74) is 0.885. The standard InChI is InChI=1S/C10H13N3O3/c14-9(15)3-5-12-10(16)13-7-8-2-1-4-11-6-8/h1-2,4,6H,3,5,7H2,(H,14,15)(H2,12,13,16). The fraction of sp³-hybridized carbons (Fsp3) is 0.300. The van der Waals surface area contributed by atoms with Crippen molar-refractivity contribution < 1.29 is 14.7 Å². The summed E-state index contributed by atoms with van der Waals surface area (Å²) in [6.07, 6.45) is 3.22. The molecule has 0 atom stereocenters. The Morgan fingerprint density at radius 1 is 1.38 bits per heavy atom. The second-order valence-electron chi connectivity index (χ2n) is 3.11. The Morgan fingerprint density at radius 2 is 2.19 bits per heavy atom. The van der Waals surface area contributed by atoms with Crippen molar-refractivity contribution >= 4 is 12.0 Å². The Bertz CT molecular complexity index is 354. The molecule has 1 aromatic rings. The molecular weight excluding hydrogens is 210 g/mol. The minimum atomic E-state index is -0.937. The number of rotatable bonds is 5. The Morgan fingerprint density at radius 3 is 2.81 bits per heavy atom. The second-order valence-corrected chi connectivity index (χ2v) is 3.11. The predicted molar refractivity (Wildman–Crippen MR) is 56.7 cm³/mol. The van der Waals surface area contributed by atoms with Gasteiger partial charge in [-0.2, -0.15) is 0 Å². The van der Waals surface area contributed by atoms with Gasteiger partial charge in [0.15, 0.2) is 0 Å². The fourth-order valence-corrected chi connectivity index (χ4v) is 1.03. The molecule has 0 saturated carbocycles. The maximum atomic E-state index is 11.2. The fourth-order valence-electron chi connectivity index (χ4n) is 1.03. The van der Waals surface area contributed by atoms with E-state index in [0.29, 0.717) is 6.54 Å². The van der Waals surface area contributed by atoms with Crippen LogP contribution < -0.4 is 10.6 Å². The molecule has 1 rings (SSSR count). The largest absolute Gasteiger partial charge is 0.481 e. The van der Waals surface area contributed by atoms with E-state index in [9.17, 15) is 9.59 Å². The van der Waals surface area contributed by atoms with E-state index >= 15 is 0 Å². The first-order valence-electron chi connectivity index (χ1n) is 4.81. The van der Waals surface area contributed by atoms with Crippen LogP contribution in [-0.4, -0.2) is 28.6 Å². The van der Waals surface area contributed by atoms with E-state index in [4.69, 9.17) is 5.11 Å². The molecule has 0 bridgehead atoms. The van der Waals surface area contributed by atoms with E-state index < -0.39 is 5.97 Å². The molecule has 1 aromatic heterocycles. The van der Waals surface area contributed by atoms with Crippen molar-refractivity contribution in [1.29, 1.82) is 0 Å². The number of carboxylic acid groups (broad SMARTS) is 1. The molecule has 0 saturated heterocycles. The zero-order chi connectivity index (χ0) is 11.8. The van der Waals surface area contributed by atoms with Crippen LogP contribution in [0.5, 0.6) is 0 Å². The summed E-state index contributed by atoms with van der Waals surface area (Å²) in [6.45, 7) is 0.487. The molecule has 2 amide bonds. The van der Waals surface area contributed by atoms with Gasteiger partial charge in [0.05, 0.1) is 6.42 Å². The lowest BCUT2D eigenvalue weighted by Crippen LogP contribution is -2.36. The number of nitrogens with zero attached hydrogens (tertiary/aromatic N) is 1. The van der Waals surface area contributed by atoms with Crippen LogP contribution in [0.2, 0.25) is 0 Å². The van der Waals surface area contributed by atoms with Gasteiger partial charge in [-0.1, -0.05) is 6.07 Å². The van der Waals surface area contributed by atoms with Gasteiger partial charge in [-0.3, -0.25) is 9.78 Å². The maximum Gasteiger partial charge on any atom is 0.315 e. The summed E-state index contributed by atoms with van der Waals surface area (Å²) >= 11 is 0. The van der Waals surface area contributed by atoms with Crippen LogP contribution in [0.1, 0.15) is 12.0 Å². The molecule has 86 valence electrons. The van der Waals surface area contributed by atoms with E-state index in [-0.39, 0.29) is 19.0 Å². The predicted octanol–water partition coefficient (Wildman–Crippen LogP) is 0.355. The summed E-state index contributed by atoms with van der Waals surface area (Å²) in [7, 11) is 0. The van der Waals surface area contributed by atoms with E-state index in [1.165, 1.54) is 0 Å². The third-order valence-corrected chi connectivity index (χ3v) is 1.80. The number of aromatic nitrogens is 1. The molecule has 0 aliphatic carbocycles. The molecule has 1 heterocycles. The van der Waals surface area contributed by atoms with E-state index in [0.717, 1.165) is 5.56 Å². The molecule has 0 radical (unpaired) electrons. The van der Waals surface area contributed by atoms with Crippen LogP contribution in [0, 0.1) is 0 Å². The van der Waals surface area contributed by atoms with Crippen molar-refractivity contribution in [2.45, 2.75) is 13.0 Å². The van der Waals surface area contributed by atoms with E-state index in [1.807, 2.05) is 6.07 Å². The molecule has 0 fully saturated rings.